The summed E-state index contributed by atoms with van der Waals surface area (Å²) in [7, 11) is 0. The third-order valence-corrected chi connectivity index (χ3v) is 6.16. The smallest absolute Gasteiger partial charge is 0.100 e. The van der Waals surface area contributed by atoms with E-state index in [1.165, 1.54) is 29.6 Å². The van der Waals surface area contributed by atoms with Gasteiger partial charge in [0.15, 0.2) is 0 Å². The van der Waals surface area contributed by atoms with E-state index in [0.717, 1.165) is 17.4 Å². The fourth-order valence-corrected chi connectivity index (χ4v) is 4.97. The van der Waals surface area contributed by atoms with Crippen molar-refractivity contribution >= 4 is 11.0 Å². The minimum absolute atomic E-state index is 0.285. The summed E-state index contributed by atoms with van der Waals surface area (Å²) in [5.74, 6) is 2.12. The van der Waals surface area contributed by atoms with Gasteiger partial charge in [0.05, 0.1) is 11.0 Å². The Bertz CT molecular complexity index is 927. The first-order chi connectivity index (χ1) is 12.4. The van der Waals surface area contributed by atoms with Crippen LogP contribution in [0.2, 0.25) is 0 Å². The van der Waals surface area contributed by atoms with Crippen LogP contribution >= 0.6 is 0 Å². The van der Waals surface area contributed by atoms with Crippen molar-refractivity contribution in [2.45, 2.75) is 53.4 Å². The zero-order chi connectivity index (χ0) is 18.5. The Morgan fingerprint density at radius 2 is 1.85 bits per heavy atom. The average molecular weight is 347 g/mol. The van der Waals surface area contributed by atoms with Crippen molar-refractivity contribution in [1.82, 2.24) is 9.55 Å². The fraction of sp³-hybridized carbons (Fsp3) is 0.458. The van der Waals surface area contributed by atoms with Gasteiger partial charge in [-0.25, -0.2) is 4.98 Å². The van der Waals surface area contributed by atoms with Crippen LogP contribution in [0.1, 0.15) is 58.1 Å². The molecule has 0 radical (unpaired) electrons. The number of aromatic nitrogens is 2. The molecule has 0 bridgehead atoms. The number of imidazole rings is 1. The van der Waals surface area contributed by atoms with Crippen LogP contribution in [0.4, 0.5) is 0 Å². The van der Waals surface area contributed by atoms with Crippen molar-refractivity contribution in [3.63, 3.8) is 0 Å². The lowest BCUT2D eigenvalue weighted by molar-refractivity contribution is 0.170. The van der Waals surface area contributed by atoms with E-state index in [1.807, 2.05) is 12.4 Å². The molecule has 0 spiro atoms. The Labute approximate surface area is 157 Å². The molecule has 2 nitrogen and oxygen atoms in total. The topological polar surface area (TPSA) is 17.8 Å². The first kappa shape index (κ1) is 17.3. The Kier molecular flexibility index (Phi) is 4.17. The predicted octanol–water partition coefficient (Wildman–Crippen LogP) is 6.37. The van der Waals surface area contributed by atoms with Gasteiger partial charge in [0.2, 0.25) is 0 Å². The van der Waals surface area contributed by atoms with Crippen LogP contribution in [0, 0.1) is 17.3 Å². The first-order valence-corrected chi connectivity index (χ1v) is 9.91. The number of fused-ring (bicyclic) bond motifs is 2. The molecule has 2 unspecified atom stereocenters. The summed E-state index contributed by atoms with van der Waals surface area (Å²) in [6.07, 6.45) is 4.43. The number of para-hydroxylation sites is 2. The molecule has 0 saturated heterocycles. The summed E-state index contributed by atoms with van der Waals surface area (Å²) in [4.78, 5) is 4.56. The predicted molar refractivity (Wildman–Crippen MR) is 110 cm³/mol. The molecule has 1 aliphatic carbocycles. The largest absolute Gasteiger partial charge is 0.299 e. The molecule has 4 rings (SSSR count). The molecule has 0 saturated carbocycles. The van der Waals surface area contributed by atoms with Crippen molar-refractivity contribution < 1.29 is 0 Å². The summed E-state index contributed by atoms with van der Waals surface area (Å²) in [6, 6.07) is 15.4. The molecule has 26 heavy (non-hydrogen) atoms. The normalized spacial score (nSPS) is 20.5. The number of aryl methyl sites for hydroxylation is 1. The molecule has 1 aromatic heterocycles. The standard InChI is InChI=1S/C24H30N2/c1-16(2)19-12-10-17-14-18(11-13-20(17)23(19)24(3,4)5)26-15-25-21-8-6-7-9-22(21)26/h6-9,11,13-16,19,23H,10,12H2,1-5H3. The number of hydrogen-bond donors (Lipinski definition) is 0. The molecule has 1 aliphatic rings. The van der Waals surface area contributed by atoms with Gasteiger partial charge in [-0.05, 0) is 71.4 Å². The highest BCUT2D eigenvalue weighted by atomic mass is 15.0. The van der Waals surface area contributed by atoms with Crippen molar-refractivity contribution in [3.8, 4) is 5.69 Å². The van der Waals surface area contributed by atoms with Crippen LogP contribution in [0.15, 0.2) is 48.8 Å². The molecular weight excluding hydrogens is 316 g/mol. The van der Waals surface area contributed by atoms with Gasteiger partial charge in [0.1, 0.15) is 6.33 Å². The maximum absolute atomic E-state index is 4.56. The Balaban J connectivity index is 1.80. The van der Waals surface area contributed by atoms with Gasteiger partial charge in [0.25, 0.3) is 0 Å². The van der Waals surface area contributed by atoms with Crippen LogP contribution in [0.25, 0.3) is 16.7 Å². The van der Waals surface area contributed by atoms with Gasteiger partial charge in [-0.15, -0.1) is 0 Å². The van der Waals surface area contributed by atoms with E-state index in [0.29, 0.717) is 5.92 Å². The van der Waals surface area contributed by atoms with Crippen LogP contribution in [-0.4, -0.2) is 9.55 Å². The maximum Gasteiger partial charge on any atom is 0.100 e. The molecule has 2 atom stereocenters. The second kappa shape index (κ2) is 6.26. The molecule has 0 N–H and O–H groups in total. The number of hydrogen-bond acceptors (Lipinski definition) is 1. The third-order valence-electron chi connectivity index (χ3n) is 6.16. The Hall–Kier alpha value is -2.09. The summed E-state index contributed by atoms with van der Waals surface area (Å²) in [5.41, 5.74) is 6.84. The monoisotopic (exact) mass is 346 g/mol. The Morgan fingerprint density at radius 3 is 2.58 bits per heavy atom. The minimum atomic E-state index is 0.285. The zero-order valence-electron chi connectivity index (χ0n) is 16.7. The van der Waals surface area contributed by atoms with Crippen molar-refractivity contribution in [1.29, 1.82) is 0 Å². The summed E-state index contributed by atoms with van der Waals surface area (Å²) in [5, 5.41) is 0. The van der Waals surface area contributed by atoms with Crippen molar-refractivity contribution in [2.75, 3.05) is 0 Å². The number of benzene rings is 2. The Morgan fingerprint density at radius 1 is 1.08 bits per heavy atom. The highest BCUT2D eigenvalue weighted by Gasteiger charge is 2.38. The lowest BCUT2D eigenvalue weighted by atomic mass is 9.61. The zero-order valence-corrected chi connectivity index (χ0v) is 16.7. The van der Waals surface area contributed by atoms with E-state index in [-0.39, 0.29) is 5.41 Å². The van der Waals surface area contributed by atoms with Crippen LogP contribution in [-0.2, 0) is 6.42 Å². The van der Waals surface area contributed by atoms with E-state index < -0.39 is 0 Å². The van der Waals surface area contributed by atoms with E-state index in [2.05, 4.69) is 80.6 Å². The van der Waals surface area contributed by atoms with Gasteiger partial charge in [0, 0.05) is 5.69 Å². The first-order valence-electron chi connectivity index (χ1n) is 9.91. The average Bonchev–Trinajstić information content (AvgIpc) is 3.03. The quantitative estimate of drug-likeness (QED) is 0.527. The molecule has 0 fully saturated rings. The van der Waals surface area contributed by atoms with Gasteiger partial charge >= 0.3 is 0 Å². The lowest BCUT2D eigenvalue weighted by Crippen LogP contribution is -2.33. The molecule has 3 aromatic rings. The van der Waals surface area contributed by atoms with Crippen molar-refractivity contribution in [2.24, 2.45) is 17.3 Å². The summed E-state index contributed by atoms with van der Waals surface area (Å²) < 4.78 is 2.22. The highest BCUT2D eigenvalue weighted by molar-refractivity contribution is 5.77. The second-order valence-corrected chi connectivity index (χ2v) is 9.28. The fourth-order valence-electron chi connectivity index (χ4n) is 4.97. The minimum Gasteiger partial charge on any atom is -0.299 e. The number of rotatable bonds is 2. The van der Waals surface area contributed by atoms with E-state index in [1.54, 1.807) is 5.56 Å². The lowest BCUT2D eigenvalue weighted by Gasteiger charge is -2.44. The SMILES string of the molecule is CC(C)C1CCc2cc(-n3cnc4ccccc43)ccc2C1C(C)(C)C. The van der Waals surface area contributed by atoms with Gasteiger partial charge < -0.3 is 0 Å². The molecule has 0 aliphatic heterocycles. The molecular formula is C24H30N2. The van der Waals surface area contributed by atoms with E-state index in [4.69, 9.17) is 0 Å². The molecule has 2 heteroatoms. The van der Waals surface area contributed by atoms with Crippen LogP contribution in [0.3, 0.4) is 0 Å². The molecule has 136 valence electrons. The maximum atomic E-state index is 4.56. The summed E-state index contributed by atoms with van der Waals surface area (Å²) >= 11 is 0. The van der Waals surface area contributed by atoms with Crippen LogP contribution in [0.5, 0.6) is 0 Å². The highest BCUT2D eigenvalue weighted by Crippen LogP contribution is 2.49. The van der Waals surface area contributed by atoms with E-state index in [9.17, 15) is 0 Å². The molecule has 2 aromatic carbocycles. The summed E-state index contributed by atoms with van der Waals surface area (Å²) in [6.45, 7) is 12.0. The van der Waals surface area contributed by atoms with Gasteiger partial charge in [-0.1, -0.05) is 52.8 Å². The molecule has 0 amide bonds. The molecule has 1 heterocycles. The second-order valence-electron chi connectivity index (χ2n) is 9.28. The van der Waals surface area contributed by atoms with Gasteiger partial charge in [-0.2, -0.15) is 0 Å². The third kappa shape index (κ3) is 2.86. The van der Waals surface area contributed by atoms with Crippen LogP contribution < -0.4 is 0 Å². The number of nitrogens with zero attached hydrogens (tertiary/aromatic N) is 2. The van der Waals surface area contributed by atoms with Crippen molar-refractivity contribution in [3.05, 3.63) is 59.9 Å². The van der Waals surface area contributed by atoms with E-state index >= 15 is 0 Å². The van der Waals surface area contributed by atoms with Gasteiger partial charge in [-0.3, -0.25) is 4.57 Å².